The van der Waals surface area contributed by atoms with Crippen LogP contribution in [0.15, 0.2) is 17.7 Å². The standard InChI is InChI=1S/C19H20F3NO4/c1-9-4-14(19(20,21)22)23-18(27-8-12-7-26-12)15(9)17(25)13-6-10-2-3-11(5-10)16(13)24/h4,6,11-13,16,24H,2-3,5,7-8H2,1H3. The molecule has 27 heavy (non-hydrogen) atoms. The zero-order valence-electron chi connectivity index (χ0n) is 14.8. The van der Waals surface area contributed by atoms with E-state index in [1.54, 1.807) is 6.08 Å². The molecule has 2 bridgehead atoms. The Kier molecular flexibility index (Phi) is 4.50. The molecule has 8 heteroatoms. The molecule has 0 radical (unpaired) electrons. The van der Waals surface area contributed by atoms with Gasteiger partial charge in [-0.2, -0.15) is 13.2 Å². The highest BCUT2D eigenvalue weighted by Crippen LogP contribution is 2.43. The van der Waals surface area contributed by atoms with E-state index in [1.165, 1.54) is 6.92 Å². The summed E-state index contributed by atoms with van der Waals surface area (Å²) in [6, 6.07) is 0.852. The van der Waals surface area contributed by atoms with E-state index in [2.05, 4.69) is 4.98 Å². The number of epoxide rings is 1. The van der Waals surface area contributed by atoms with Crippen LogP contribution in [0.3, 0.4) is 0 Å². The average molecular weight is 383 g/mol. The van der Waals surface area contributed by atoms with Crippen molar-refractivity contribution in [3.63, 3.8) is 0 Å². The molecule has 4 unspecified atom stereocenters. The Bertz CT molecular complexity index is 801. The fourth-order valence-electron chi connectivity index (χ4n) is 3.93. The number of rotatable bonds is 5. The maximum absolute atomic E-state index is 13.2. The third kappa shape index (κ3) is 3.60. The molecular formula is C19H20F3NO4. The molecule has 0 spiro atoms. The lowest BCUT2D eigenvalue weighted by Crippen LogP contribution is -2.35. The van der Waals surface area contributed by atoms with Crippen molar-refractivity contribution in [3.8, 4) is 5.88 Å². The van der Waals surface area contributed by atoms with Crippen molar-refractivity contribution in [3.05, 3.63) is 34.5 Å². The number of fused-ring (bicyclic) bond motifs is 2. The highest BCUT2D eigenvalue weighted by molar-refractivity contribution is 6.02. The van der Waals surface area contributed by atoms with Gasteiger partial charge in [0, 0.05) is 0 Å². The molecular weight excluding hydrogens is 363 g/mol. The molecule has 4 atom stereocenters. The molecule has 0 amide bonds. The first kappa shape index (κ1) is 18.4. The van der Waals surface area contributed by atoms with Crippen molar-refractivity contribution >= 4 is 5.78 Å². The number of ketones is 1. The first-order chi connectivity index (χ1) is 12.7. The largest absolute Gasteiger partial charge is 0.474 e. The lowest BCUT2D eigenvalue weighted by atomic mass is 9.80. The Morgan fingerprint density at radius 2 is 2.19 bits per heavy atom. The third-order valence-corrected chi connectivity index (χ3v) is 5.46. The lowest BCUT2D eigenvalue weighted by molar-refractivity contribution is -0.141. The minimum Gasteiger partial charge on any atom is -0.474 e. The number of pyridine rings is 1. The van der Waals surface area contributed by atoms with Crippen molar-refractivity contribution in [1.29, 1.82) is 0 Å². The summed E-state index contributed by atoms with van der Waals surface area (Å²) in [7, 11) is 0. The Hall–Kier alpha value is -1.93. The van der Waals surface area contributed by atoms with Crippen molar-refractivity contribution < 1.29 is 32.5 Å². The van der Waals surface area contributed by atoms with E-state index in [1.807, 2.05) is 0 Å². The van der Waals surface area contributed by atoms with Crippen molar-refractivity contribution in [2.24, 2.45) is 11.8 Å². The summed E-state index contributed by atoms with van der Waals surface area (Å²) in [4.78, 5) is 16.7. The number of aliphatic hydroxyl groups excluding tert-OH is 1. The van der Waals surface area contributed by atoms with Gasteiger partial charge in [-0.1, -0.05) is 11.6 Å². The molecule has 1 aromatic rings. The van der Waals surface area contributed by atoms with Crippen molar-refractivity contribution in [1.82, 2.24) is 4.98 Å². The molecule has 2 aliphatic carbocycles. The van der Waals surface area contributed by atoms with Crippen molar-refractivity contribution in [2.75, 3.05) is 13.2 Å². The molecule has 146 valence electrons. The number of allylic oxidation sites excluding steroid dienone is 1. The van der Waals surface area contributed by atoms with Gasteiger partial charge in [0.05, 0.1) is 24.2 Å². The molecule has 2 heterocycles. The minimum atomic E-state index is -4.65. The molecule has 1 aromatic heterocycles. The first-order valence-corrected chi connectivity index (χ1v) is 8.99. The second kappa shape index (κ2) is 6.60. The summed E-state index contributed by atoms with van der Waals surface area (Å²) in [5.41, 5.74) is 0.157. The van der Waals surface area contributed by atoms with Gasteiger partial charge in [-0.05, 0) is 43.7 Å². The number of aryl methyl sites for hydroxylation is 1. The maximum Gasteiger partial charge on any atom is 0.433 e. The normalized spacial score (nSPS) is 29.4. The van der Waals surface area contributed by atoms with Crippen LogP contribution in [0.4, 0.5) is 13.2 Å². The van der Waals surface area contributed by atoms with Gasteiger partial charge in [0.1, 0.15) is 18.4 Å². The number of halogens is 3. The predicted octanol–water partition coefficient (Wildman–Crippen LogP) is 3.09. The number of ether oxygens (including phenoxy) is 2. The molecule has 1 saturated heterocycles. The zero-order valence-corrected chi connectivity index (χ0v) is 14.8. The molecule has 2 fully saturated rings. The van der Waals surface area contributed by atoms with E-state index < -0.39 is 29.7 Å². The fourth-order valence-corrected chi connectivity index (χ4v) is 3.93. The van der Waals surface area contributed by atoms with Crippen LogP contribution in [0.2, 0.25) is 0 Å². The second-order valence-corrected chi connectivity index (χ2v) is 7.48. The number of alkyl halides is 3. The van der Waals surface area contributed by atoms with Gasteiger partial charge in [-0.25, -0.2) is 4.98 Å². The van der Waals surface area contributed by atoms with Gasteiger partial charge in [-0.15, -0.1) is 0 Å². The van der Waals surface area contributed by atoms with Crippen LogP contribution >= 0.6 is 0 Å². The van der Waals surface area contributed by atoms with Crippen LogP contribution in [0, 0.1) is 18.8 Å². The molecule has 1 saturated carbocycles. The van der Waals surface area contributed by atoms with Gasteiger partial charge in [0.15, 0.2) is 5.78 Å². The SMILES string of the molecule is Cc1cc(C(F)(F)F)nc(OCC2CO2)c1C(=O)C1C=C2CCC(C2)C1O. The predicted molar refractivity (Wildman–Crippen MR) is 88.5 cm³/mol. The van der Waals surface area contributed by atoms with Crippen LogP contribution in [-0.4, -0.2) is 41.3 Å². The molecule has 1 aliphatic heterocycles. The highest BCUT2D eigenvalue weighted by atomic mass is 19.4. The number of carbonyl (C=O) groups is 1. The van der Waals surface area contributed by atoms with Crippen molar-refractivity contribution in [2.45, 2.75) is 44.6 Å². The molecule has 1 N–H and O–H groups in total. The molecule has 5 nitrogen and oxygen atoms in total. The molecule has 4 rings (SSSR count). The van der Waals surface area contributed by atoms with E-state index >= 15 is 0 Å². The smallest absolute Gasteiger partial charge is 0.433 e. The number of hydrogen-bond donors (Lipinski definition) is 1. The highest BCUT2D eigenvalue weighted by Gasteiger charge is 2.42. The lowest BCUT2D eigenvalue weighted by Gasteiger charge is -2.28. The minimum absolute atomic E-state index is 0.00542. The van der Waals surface area contributed by atoms with Gasteiger partial charge in [-0.3, -0.25) is 4.79 Å². The summed E-state index contributed by atoms with van der Waals surface area (Å²) in [6.07, 6.45) is -1.47. The average Bonchev–Trinajstić information content (AvgIpc) is 3.34. The van der Waals surface area contributed by atoms with Gasteiger partial charge in [0.25, 0.3) is 0 Å². The summed E-state index contributed by atoms with van der Waals surface area (Å²) < 4.78 is 49.9. The number of carbonyl (C=O) groups excluding carboxylic acids is 1. The summed E-state index contributed by atoms with van der Waals surface area (Å²) >= 11 is 0. The quantitative estimate of drug-likeness (QED) is 0.481. The van der Waals surface area contributed by atoms with Crippen LogP contribution in [0.25, 0.3) is 0 Å². The Labute approximate surface area is 154 Å². The first-order valence-electron chi connectivity index (χ1n) is 8.99. The van der Waals surface area contributed by atoms with Gasteiger partial charge >= 0.3 is 6.18 Å². The van der Waals surface area contributed by atoms with E-state index in [0.29, 0.717) is 6.61 Å². The summed E-state index contributed by atoms with van der Waals surface area (Å²) in [6.45, 7) is 1.93. The molecule has 3 aliphatic rings. The number of aliphatic hydroxyl groups is 1. The van der Waals surface area contributed by atoms with Crippen LogP contribution in [0.1, 0.15) is 40.9 Å². The molecule has 0 aromatic carbocycles. The fraction of sp³-hybridized carbons (Fsp3) is 0.579. The van der Waals surface area contributed by atoms with E-state index in [4.69, 9.17) is 9.47 Å². The maximum atomic E-state index is 13.2. The van der Waals surface area contributed by atoms with Gasteiger partial charge in [0.2, 0.25) is 5.88 Å². The van der Waals surface area contributed by atoms with E-state index in [-0.39, 0.29) is 35.6 Å². The van der Waals surface area contributed by atoms with Crippen LogP contribution in [-0.2, 0) is 10.9 Å². The zero-order chi connectivity index (χ0) is 19.3. The Morgan fingerprint density at radius 1 is 1.44 bits per heavy atom. The summed E-state index contributed by atoms with van der Waals surface area (Å²) in [5.74, 6) is -1.55. The second-order valence-electron chi connectivity index (χ2n) is 7.48. The van der Waals surface area contributed by atoms with Gasteiger partial charge < -0.3 is 14.6 Å². The number of hydrogen-bond acceptors (Lipinski definition) is 5. The van der Waals surface area contributed by atoms with E-state index in [0.717, 1.165) is 30.9 Å². The van der Waals surface area contributed by atoms with E-state index in [9.17, 15) is 23.1 Å². The number of nitrogens with zero attached hydrogens (tertiary/aromatic N) is 1. The monoisotopic (exact) mass is 383 g/mol. The van der Waals surface area contributed by atoms with Crippen LogP contribution < -0.4 is 4.74 Å². The topological polar surface area (TPSA) is 72.0 Å². The third-order valence-electron chi connectivity index (χ3n) is 5.46. The summed E-state index contributed by atoms with van der Waals surface area (Å²) in [5, 5.41) is 10.6. The van der Waals surface area contributed by atoms with Crippen LogP contribution in [0.5, 0.6) is 5.88 Å². The Balaban J connectivity index is 1.71. The number of Topliss-reactive ketones (excluding diaryl/α,β-unsaturated/α-hetero) is 1. The Morgan fingerprint density at radius 3 is 2.85 bits per heavy atom. The number of aromatic nitrogens is 1.